The highest BCUT2D eigenvalue weighted by Gasteiger charge is 2.43. The molecule has 0 radical (unpaired) electrons. The summed E-state index contributed by atoms with van der Waals surface area (Å²) in [6, 6.07) is -0.0559. The van der Waals surface area contributed by atoms with Gasteiger partial charge >= 0.3 is 0 Å². The van der Waals surface area contributed by atoms with Crippen LogP contribution in [0.5, 0.6) is 0 Å². The maximum absolute atomic E-state index is 12.0. The Hall–Kier alpha value is -0.610. The van der Waals surface area contributed by atoms with Crippen LogP contribution in [0.25, 0.3) is 0 Å². The summed E-state index contributed by atoms with van der Waals surface area (Å²) in [7, 11) is 0. The van der Waals surface area contributed by atoms with Gasteiger partial charge < -0.3 is 10.4 Å². The lowest BCUT2D eigenvalue weighted by atomic mass is 10.00. The fourth-order valence-electron chi connectivity index (χ4n) is 3.29. The molecule has 1 saturated carbocycles. The summed E-state index contributed by atoms with van der Waals surface area (Å²) in [4.78, 5) is 14.2. The van der Waals surface area contributed by atoms with Gasteiger partial charge in [-0.3, -0.25) is 9.69 Å². The number of hydrogen-bond donors (Lipinski definition) is 2. The molecule has 4 atom stereocenters. The lowest BCUT2D eigenvalue weighted by molar-refractivity contribution is -0.125. The summed E-state index contributed by atoms with van der Waals surface area (Å²) in [5.74, 6) is 1.14. The van der Waals surface area contributed by atoms with E-state index >= 15 is 0 Å². The van der Waals surface area contributed by atoms with E-state index in [1.54, 1.807) is 0 Å². The molecule has 2 N–H and O–H groups in total. The normalized spacial score (nSPS) is 33.4. The molecule has 2 fully saturated rings. The highest BCUT2D eigenvalue weighted by molar-refractivity contribution is 5.81. The molecule has 1 amide bonds. The number of fused-ring (bicyclic) bond motifs is 1. The van der Waals surface area contributed by atoms with E-state index in [9.17, 15) is 9.90 Å². The van der Waals surface area contributed by atoms with Gasteiger partial charge in [0, 0.05) is 25.6 Å². The smallest absolute Gasteiger partial charge is 0.237 e. The highest BCUT2D eigenvalue weighted by Crippen LogP contribution is 2.38. The van der Waals surface area contributed by atoms with E-state index in [4.69, 9.17) is 0 Å². The number of carbonyl (C=O) groups is 1. The molecule has 1 heterocycles. The number of unbranched alkanes of at least 4 members (excludes halogenated alkanes) is 1. The van der Waals surface area contributed by atoms with E-state index in [1.807, 2.05) is 6.92 Å². The molecule has 104 valence electrons. The van der Waals surface area contributed by atoms with Crippen LogP contribution in [0.1, 0.15) is 39.5 Å². The molecule has 0 spiro atoms. The maximum Gasteiger partial charge on any atom is 0.237 e. The van der Waals surface area contributed by atoms with Gasteiger partial charge in [0.1, 0.15) is 0 Å². The molecule has 18 heavy (non-hydrogen) atoms. The van der Waals surface area contributed by atoms with Gasteiger partial charge in [-0.1, -0.05) is 13.3 Å². The second-order valence-corrected chi connectivity index (χ2v) is 5.84. The number of nitrogens with zero attached hydrogens (tertiary/aromatic N) is 1. The number of rotatable bonds is 5. The number of aliphatic hydroxyl groups is 1. The standard InChI is InChI=1S/C14H26N2O2/c1-3-4-7-15-14(18)10(2)16-8-11-5-6-13(17)12(11)9-16/h10-13,17H,3-9H2,1-2H3,(H,15,18). The Balaban J connectivity index is 1.80. The Morgan fingerprint density at radius 3 is 2.89 bits per heavy atom. The van der Waals surface area contributed by atoms with Gasteiger partial charge in [-0.2, -0.15) is 0 Å². The Bertz CT molecular complexity index is 296. The Kier molecular flexibility index (Phi) is 4.62. The van der Waals surface area contributed by atoms with E-state index < -0.39 is 0 Å². The van der Waals surface area contributed by atoms with Crippen molar-refractivity contribution in [1.82, 2.24) is 10.2 Å². The van der Waals surface area contributed by atoms with Crippen molar-refractivity contribution < 1.29 is 9.90 Å². The predicted molar refractivity (Wildman–Crippen MR) is 71.2 cm³/mol. The summed E-state index contributed by atoms with van der Waals surface area (Å²) in [6.07, 6.45) is 4.07. The third-order valence-corrected chi connectivity index (χ3v) is 4.60. The van der Waals surface area contributed by atoms with Crippen molar-refractivity contribution in [1.29, 1.82) is 0 Å². The van der Waals surface area contributed by atoms with E-state index in [2.05, 4.69) is 17.1 Å². The van der Waals surface area contributed by atoms with Crippen LogP contribution in [-0.2, 0) is 4.79 Å². The molecule has 1 saturated heterocycles. The zero-order chi connectivity index (χ0) is 13.1. The second kappa shape index (κ2) is 6.02. The van der Waals surface area contributed by atoms with Gasteiger partial charge in [0.05, 0.1) is 12.1 Å². The zero-order valence-electron chi connectivity index (χ0n) is 11.6. The first-order valence-corrected chi connectivity index (χ1v) is 7.33. The van der Waals surface area contributed by atoms with Crippen molar-refractivity contribution in [3.63, 3.8) is 0 Å². The topological polar surface area (TPSA) is 52.6 Å². The van der Waals surface area contributed by atoms with Crippen LogP contribution < -0.4 is 5.32 Å². The van der Waals surface area contributed by atoms with Crippen LogP contribution >= 0.6 is 0 Å². The van der Waals surface area contributed by atoms with Gasteiger partial charge in [0.25, 0.3) is 0 Å². The van der Waals surface area contributed by atoms with Crippen molar-refractivity contribution in [2.75, 3.05) is 19.6 Å². The molecule has 4 nitrogen and oxygen atoms in total. The quantitative estimate of drug-likeness (QED) is 0.720. The van der Waals surface area contributed by atoms with Crippen LogP contribution in [-0.4, -0.2) is 47.7 Å². The third kappa shape index (κ3) is 2.86. The van der Waals surface area contributed by atoms with Crippen LogP contribution in [0.2, 0.25) is 0 Å². The number of carbonyl (C=O) groups excluding carboxylic acids is 1. The molecule has 0 aromatic carbocycles. The SMILES string of the molecule is CCCCNC(=O)C(C)N1CC2CCC(O)C2C1. The van der Waals surface area contributed by atoms with E-state index in [-0.39, 0.29) is 18.1 Å². The monoisotopic (exact) mass is 254 g/mol. The lowest BCUT2D eigenvalue weighted by Gasteiger charge is -2.24. The molecular formula is C14H26N2O2. The molecule has 0 aromatic heterocycles. The Morgan fingerprint density at radius 1 is 1.44 bits per heavy atom. The van der Waals surface area contributed by atoms with Crippen molar-refractivity contribution in [3.8, 4) is 0 Å². The van der Waals surface area contributed by atoms with Crippen molar-refractivity contribution in [2.45, 2.75) is 51.7 Å². The van der Waals surface area contributed by atoms with Crippen molar-refractivity contribution >= 4 is 5.91 Å². The number of hydrogen-bond acceptors (Lipinski definition) is 3. The van der Waals surface area contributed by atoms with Crippen LogP contribution in [0, 0.1) is 11.8 Å². The van der Waals surface area contributed by atoms with E-state index in [0.29, 0.717) is 11.8 Å². The number of aliphatic hydroxyl groups excluding tert-OH is 1. The molecule has 2 aliphatic rings. The summed E-state index contributed by atoms with van der Waals surface area (Å²) >= 11 is 0. The first-order valence-electron chi connectivity index (χ1n) is 7.33. The van der Waals surface area contributed by atoms with Crippen molar-refractivity contribution in [3.05, 3.63) is 0 Å². The van der Waals surface area contributed by atoms with Crippen LogP contribution in [0.4, 0.5) is 0 Å². The number of nitrogens with one attached hydrogen (secondary N) is 1. The maximum atomic E-state index is 12.0. The number of likely N-dealkylation sites (tertiary alicyclic amines) is 1. The summed E-state index contributed by atoms with van der Waals surface area (Å²) < 4.78 is 0. The van der Waals surface area contributed by atoms with Gasteiger partial charge in [-0.15, -0.1) is 0 Å². The predicted octanol–water partition coefficient (Wildman–Crippen LogP) is 0.994. The molecule has 2 rings (SSSR count). The fourth-order valence-corrected chi connectivity index (χ4v) is 3.29. The van der Waals surface area contributed by atoms with E-state index in [0.717, 1.165) is 45.3 Å². The van der Waals surface area contributed by atoms with E-state index in [1.165, 1.54) is 0 Å². The molecule has 0 bridgehead atoms. The first kappa shape index (κ1) is 13.8. The van der Waals surface area contributed by atoms with Gasteiger partial charge in [0.2, 0.25) is 5.91 Å². The number of amides is 1. The summed E-state index contributed by atoms with van der Waals surface area (Å²) in [6.45, 7) is 6.74. The molecule has 1 aliphatic heterocycles. The average molecular weight is 254 g/mol. The third-order valence-electron chi connectivity index (χ3n) is 4.60. The van der Waals surface area contributed by atoms with Crippen LogP contribution in [0.3, 0.4) is 0 Å². The van der Waals surface area contributed by atoms with Gasteiger partial charge in [-0.25, -0.2) is 0 Å². The highest BCUT2D eigenvalue weighted by atomic mass is 16.3. The summed E-state index contributed by atoms with van der Waals surface area (Å²) in [5.41, 5.74) is 0. The molecule has 4 unspecified atom stereocenters. The largest absolute Gasteiger partial charge is 0.393 e. The molecular weight excluding hydrogens is 228 g/mol. The van der Waals surface area contributed by atoms with Gasteiger partial charge in [-0.05, 0) is 32.1 Å². The lowest BCUT2D eigenvalue weighted by Crippen LogP contribution is -2.45. The fraction of sp³-hybridized carbons (Fsp3) is 0.929. The summed E-state index contributed by atoms with van der Waals surface area (Å²) in [5, 5.41) is 12.9. The van der Waals surface area contributed by atoms with Crippen molar-refractivity contribution in [2.24, 2.45) is 11.8 Å². The second-order valence-electron chi connectivity index (χ2n) is 5.84. The zero-order valence-corrected chi connectivity index (χ0v) is 11.6. The molecule has 0 aromatic rings. The average Bonchev–Trinajstić information content (AvgIpc) is 2.91. The molecule has 4 heteroatoms. The minimum absolute atomic E-state index is 0.0559. The Labute approximate surface area is 110 Å². The van der Waals surface area contributed by atoms with Gasteiger partial charge in [0.15, 0.2) is 0 Å². The molecule has 1 aliphatic carbocycles. The van der Waals surface area contributed by atoms with Crippen LogP contribution in [0.15, 0.2) is 0 Å². The minimum atomic E-state index is -0.143. The first-order chi connectivity index (χ1) is 8.63. The minimum Gasteiger partial charge on any atom is -0.393 e. The Morgan fingerprint density at radius 2 is 2.22 bits per heavy atom.